The average Bonchev–Trinajstić information content (AvgIpc) is 2.20. The largest absolute Gasteiger partial charge is 0.345 e. The maximum absolute atomic E-state index is 10.7. The summed E-state index contributed by atoms with van der Waals surface area (Å²) in [5, 5.41) is 0. The van der Waals surface area contributed by atoms with Gasteiger partial charge in [0.15, 0.2) is 0 Å². The summed E-state index contributed by atoms with van der Waals surface area (Å²) in [6.45, 7) is 11.3. The van der Waals surface area contributed by atoms with Gasteiger partial charge in [0.1, 0.15) is 0 Å². The number of nitrogens with zero attached hydrogens (tertiary/aromatic N) is 2. The van der Waals surface area contributed by atoms with Crippen molar-refractivity contribution in [2.75, 3.05) is 34.2 Å². The van der Waals surface area contributed by atoms with E-state index in [0.717, 1.165) is 13.1 Å². The van der Waals surface area contributed by atoms with E-state index in [4.69, 9.17) is 0 Å². The van der Waals surface area contributed by atoms with E-state index < -0.39 is 0 Å². The molecule has 1 amide bonds. The lowest BCUT2D eigenvalue weighted by Gasteiger charge is -2.17. The third kappa shape index (κ3) is 17.5. The van der Waals surface area contributed by atoms with E-state index in [2.05, 4.69) is 4.90 Å². The highest BCUT2D eigenvalue weighted by Crippen LogP contribution is 1.83. The number of hydrogen-bond donors (Lipinski definition) is 0. The van der Waals surface area contributed by atoms with Crippen LogP contribution in [-0.2, 0) is 4.79 Å². The van der Waals surface area contributed by atoms with E-state index in [1.807, 2.05) is 48.8 Å². The van der Waals surface area contributed by atoms with Crippen LogP contribution in [0, 0.1) is 0 Å². The molecule has 0 radical (unpaired) electrons. The molecule has 0 aliphatic carbocycles. The molecule has 0 fully saturated rings. The summed E-state index contributed by atoms with van der Waals surface area (Å²) in [5.74, 6) is 0.127. The highest BCUT2D eigenvalue weighted by molar-refractivity contribution is 5.72. The molecule has 0 unspecified atom stereocenters. The summed E-state index contributed by atoms with van der Waals surface area (Å²) >= 11 is 0. The van der Waals surface area contributed by atoms with Gasteiger partial charge in [0.2, 0.25) is 5.91 Å². The summed E-state index contributed by atoms with van der Waals surface area (Å²) in [7, 11) is 5.80. The molecule has 0 aromatic heterocycles. The molecular formula is C11H28N2O. The number of likely N-dealkylation sites (N-methyl/N-ethyl adjacent to an activating group) is 2. The molecule has 0 aromatic rings. The minimum absolute atomic E-state index is 0.127. The van der Waals surface area contributed by atoms with Gasteiger partial charge in [-0.3, -0.25) is 4.79 Å². The van der Waals surface area contributed by atoms with Crippen molar-refractivity contribution >= 4 is 5.91 Å². The van der Waals surface area contributed by atoms with E-state index in [1.54, 1.807) is 11.8 Å². The smallest absolute Gasteiger partial charge is 0.219 e. The van der Waals surface area contributed by atoms with Gasteiger partial charge in [-0.25, -0.2) is 0 Å². The van der Waals surface area contributed by atoms with Gasteiger partial charge in [-0.1, -0.05) is 27.7 Å². The van der Waals surface area contributed by atoms with Crippen LogP contribution in [0.3, 0.4) is 0 Å². The molecule has 0 atom stereocenters. The molecule has 0 saturated heterocycles. The Labute approximate surface area is 90.1 Å². The molecule has 0 saturated carbocycles. The predicted molar refractivity (Wildman–Crippen MR) is 64.6 cm³/mol. The van der Waals surface area contributed by atoms with Gasteiger partial charge in [-0.05, 0) is 14.1 Å². The second kappa shape index (κ2) is 14.9. The Bertz CT molecular complexity index is 114. The Morgan fingerprint density at radius 2 is 1.29 bits per heavy atom. The Morgan fingerprint density at radius 3 is 1.50 bits per heavy atom. The highest BCUT2D eigenvalue weighted by atomic mass is 16.2. The van der Waals surface area contributed by atoms with Crippen molar-refractivity contribution in [3.05, 3.63) is 0 Å². The first kappa shape index (κ1) is 19.1. The van der Waals surface area contributed by atoms with Crippen LogP contribution in [0.2, 0.25) is 0 Å². The van der Waals surface area contributed by atoms with Crippen molar-refractivity contribution in [2.24, 2.45) is 0 Å². The molecule has 0 aliphatic heterocycles. The Balaban J connectivity index is -0.000000266. The number of carbonyl (C=O) groups excluding carboxylic acids is 1. The molecule has 0 N–H and O–H groups in total. The van der Waals surface area contributed by atoms with Crippen molar-refractivity contribution < 1.29 is 4.79 Å². The lowest BCUT2D eigenvalue weighted by atomic mass is 10.5. The van der Waals surface area contributed by atoms with Gasteiger partial charge in [0.25, 0.3) is 0 Å². The minimum atomic E-state index is 0.127. The lowest BCUT2D eigenvalue weighted by molar-refractivity contribution is -0.127. The van der Waals surface area contributed by atoms with Crippen LogP contribution < -0.4 is 0 Å². The zero-order valence-electron chi connectivity index (χ0n) is 11.2. The summed E-state index contributed by atoms with van der Waals surface area (Å²) < 4.78 is 0. The van der Waals surface area contributed by atoms with Crippen molar-refractivity contribution in [3.63, 3.8) is 0 Å². The first-order valence-corrected chi connectivity index (χ1v) is 5.40. The van der Waals surface area contributed by atoms with E-state index in [9.17, 15) is 4.79 Å². The number of rotatable bonds is 3. The van der Waals surface area contributed by atoms with E-state index in [0.29, 0.717) is 0 Å². The van der Waals surface area contributed by atoms with Gasteiger partial charge in [-0.15, -0.1) is 0 Å². The topological polar surface area (TPSA) is 23.6 Å². The number of carbonyl (C=O) groups is 1. The van der Waals surface area contributed by atoms with Gasteiger partial charge in [-0.2, -0.15) is 0 Å². The molecule has 3 nitrogen and oxygen atoms in total. The molecule has 0 heterocycles. The van der Waals surface area contributed by atoms with Crippen LogP contribution in [-0.4, -0.2) is 49.9 Å². The van der Waals surface area contributed by atoms with Crippen molar-refractivity contribution in [2.45, 2.75) is 34.6 Å². The van der Waals surface area contributed by atoms with E-state index in [-0.39, 0.29) is 5.91 Å². The second-order valence-electron chi connectivity index (χ2n) is 2.74. The van der Waals surface area contributed by atoms with Crippen LogP contribution in [0.5, 0.6) is 0 Å². The first-order chi connectivity index (χ1) is 6.54. The summed E-state index contributed by atoms with van der Waals surface area (Å²) in [6, 6.07) is 0. The predicted octanol–water partition coefficient (Wildman–Crippen LogP) is 2.08. The van der Waals surface area contributed by atoms with Gasteiger partial charge in [0, 0.05) is 27.1 Å². The maximum Gasteiger partial charge on any atom is 0.219 e. The molecule has 14 heavy (non-hydrogen) atoms. The summed E-state index contributed by atoms with van der Waals surface area (Å²) in [6.07, 6.45) is 0. The van der Waals surface area contributed by atoms with Crippen LogP contribution >= 0.6 is 0 Å². The van der Waals surface area contributed by atoms with Gasteiger partial charge in [0.05, 0.1) is 0 Å². The monoisotopic (exact) mass is 204 g/mol. The van der Waals surface area contributed by atoms with Crippen molar-refractivity contribution in [1.29, 1.82) is 0 Å². The zero-order valence-corrected chi connectivity index (χ0v) is 11.2. The average molecular weight is 204 g/mol. The fraction of sp³-hybridized carbons (Fsp3) is 0.909. The van der Waals surface area contributed by atoms with Crippen LogP contribution in [0.1, 0.15) is 34.6 Å². The molecule has 88 valence electrons. The molecule has 0 spiro atoms. The van der Waals surface area contributed by atoms with Crippen LogP contribution in [0.25, 0.3) is 0 Å². The van der Waals surface area contributed by atoms with Crippen molar-refractivity contribution in [1.82, 2.24) is 9.80 Å². The fourth-order valence-electron chi connectivity index (χ4n) is 0.507. The molecule has 0 aromatic carbocycles. The highest BCUT2D eigenvalue weighted by Gasteiger charge is 2.00. The normalized spacial score (nSPS) is 8.07. The quantitative estimate of drug-likeness (QED) is 0.702. The van der Waals surface area contributed by atoms with Gasteiger partial charge < -0.3 is 9.80 Å². The summed E-state index contributed by atoms with van der Waals surface area (Å²) in [5.41, 5.74) is 0. The molecule has 0 bridgehead atoms. The molecule has 3 heteroatoms. The second-order valence-corrected chi connectivity index (χ2v) is 2.74. The minimum Gasteiger partial charge on any atom is -0.345 e. The van der Waals surface area contributed by atoms with E-state index in [1.165, 1.54) is 0 Å². The van der Waals surface area contributed by atoms with Crippen LogP contribution in [0.4, 0.5) is 0 Å². The Hall–Kier alpha value is -0.570. The Morgan fingerprint density at radius 1 is 0.929 bits per heavy atom. The molecule has 0 aliphatic rings. The standard InChI is InChI=1S/C7H16N2O.2C2H6/c1-7(10)9(4)6-5-8(2)3;2*1-2/h5-6H2,1-4H3;2*1-2H3. The van der Waals surface area contributed by atoms with Crippen molar-refractivity contribution in [3.8, 4) is 0 Å². The third-order valence-electron chi connectivity index (χ3n) is 1.42. The SMILES string of the molecule is CC.CC.CC(=O)N(C)CCN(C)C. The first-order valence-electron chi connectivity index (χ1n) is 5.40. The maximum atomic E-state index is 10.7. The van der Waals surface area contributed by atoms with Gasteiger partial charge >= 0.3 is 0 Å². The van der Waals surface area contributed by atoms with Crippen LogP contribution in [0.15, 0.2) is 0 Å². The van der Waals surface area contributed by atoms with E-state index >= 15 is 0 Å². The molecular weight excluding hydrogens is 176 g/mol. The third-order valence-corrected chi connectivity index (χ3v) is 1.42. The zero-order chi connectivity index (χ0) is 12.1. The fourth-order valence-corrected chi connectivity index (χ4v) is 0.507. The summed E-state index contributed by atoms with van der Waals surface area (Å²) in [4.78, 5) is 14.4. The Kier molecular flexibility index (Phi) is 20.3. The number of amides is 1. The number of hydrogen-bond acceptors (Lipinski definition) is 2. The molecule has 0 rings (SSSR count). The lowest BCUT2D eigenvalue weighted by Crippen LogP contribution is -2.31.